The summed E-state index contributed by atoms with van der Waals surface area (Å²) in [5.74, 6) is 0.738. The minimum atomic E-state index is -3.31. The molecule has 2 unspecified atom stereocenters. The van der Waals surface area contributed by atoms with Crippen molar-refractivity contribution in [2.24, 2.45) is 0 Å². The zero-order valence-corrected chi connectivity index (χ0v) is 16.1. The molecule has 2 heterocycles. The van der Waals surface area contributed by atoms with Gasteiger partial charge in [-0.1, -0.05) is 30.3 Å². The van der Waals surface area contributed by atoms with Crippen LogP contribution in [0.1, 0.15) is 18.6 Å². The van der Waals surface area contributed by atoms with Gasteiger partial charge in [-0.2, -0.15) is 0 Å². The maximum absolute atomic E-state index is 12.0. The van der Waals surface area contributed by atoms with E-state index >= 15 is 0 Å². The molecule has 27 heavy (non-hydrogen) atoms. The fourth-order valence-electron chi connectivity index (χ4n) is 3.48. The lowest BCUT2D eigenvalue weighted by Gasteiger charge is -2.38. The SMILES string of the molecule is CC1CN(c2ncnc3ccc(S(C)(=O)=O)cc23)CC(c2ccccc2)O1. The van der Waals surface area contributed by atoms with Crippen molar-refractivity contribution in [2.45, 2.75) is 24.0 Å². The molecular formula is C20H21N3O3S. The van der Waals surface area contributed by atoms with Gasteiger partial charge in [0.25, 0.3) is 0 Å². The number of nitrogens with zero attached hydrogens (tertiary/aromatic N) is 3. The van der Waals surface area contributed by atoms with Gasteiger partial charge in [0.1, 0.15) is 18.2 Å². The predicted molar refractivity (Wildman–Crippen MR) is 105 cm³/mol. The molecule has 2 aromatic carbocycles. The summed E-state index contributed by atoms with van der Waals surface area (Å²) in [6, 6.07) is 15.1. The van der Waals surface area contributed by atoms with Crippen LogP contribution in [-0.4, -0.2) is 43.8 Å². The van der Waals surface area contributed by atoms with Crippen molar-refractivity contribution in [3.8, 4) is 0 Å². The molecule has 0 saturated carbocycles. The molecule has 0 N–H and O–H groups in total. The number of morpholine rings is 1. The second-order valence-corrected chi connectivity index (χ2v) is 8.92. The first-order valence-corrected chi connectivity index (χ1v) is 10.7. The van der Waals surface area contributed by atoms with Crippen molar-refractivity contribution in [1.82, 2.24) is 9.97 Å². The van der Waals surface area contributed by atoms with Gasteiger partial charge in [-0.3, -0.25) is 0 Å². The highest BCUT2D eigenvalue weighted by Gasteiger charge is 2.28. The summed E-state index contributed by atoms with van der Waals surface area (Å²) in [5, 5.41) is 0.737. The molecule has 1 aliphatic heterocycles. The van der Waals surface area contributed by atoms with Crippen molar-refractivity contribution in [1.29, 1.82) is 0 Å². The maximum atomic E-state index is 12.0. The summed E-state index contributed by atoms with van der Waals surface area (Å²) in [6.07, 6.45) is 2.68. The van der Waals surface area contributed by atoms with Crippen molar-refractivity contribution in [2.75, 3.05) is 24.2 Å². The molecule has 0 bridgehead atoms. The monoisotopic (exact) mass is 383 g/mol. The van der Waals surface area contributed by atoms with E-state index in [-0.39, 0.29) is 17.1 Å². The molecular weight excluding hydrogens is 362 g/mol. The summed E-state index contributed by atoms with van der Waals surface area (Å²) < 4.78 is 30.1. The van der Waals surface area contributed by atoms with E-state index < -0.39 is 9.84 Å². The van der Waals surface area contributed by atoms with Crippen LogP contribution in [0.2, 0.25) is 0 Å². The van der Waals surface area contributed by atoms with Gasteiger partial charge in [0.15, 0.2) is 9.84 Å². The molecule has 6 nitrogen and oxygen atoms in total. The Morgan fingerprint density at radius 3 is 2.59 bits per heavy atom. The molecule has 140 valence electrons. The summed E-state index contributed by atoms with van der Waals surface area (Å²) >= 11 is 0. The number of benzene rings is 2. The maximum Gasteiger partial charge on any atom is 0.175 e. The van der Waals surface area contributed by atoms with E-state index in [4.69, 9.17) is 4.74 Å². The Morgan fingerprint density at radius 2 is 1.85 bits per heavy atom. The van der Waals surface area contributed by atoms with Crippen LogP contribution in [0.4, 0.5) is 5.82 Å². The van der Waals surface area contributed by atoms with Crippen molar-refractivity contribution < 1.29 is 13.2 Å². The first-order valence-electron chi connectivity index (χ1n) is 8.82. The van der Waals surface area contributed by atoms with Gasteiger partial charge in [0.2, 0.25) is 0 Å². The number of fused-ring (bicyclic) bond motifs is 1. The minimum Gasteiger partial charge on any atom is -0.367 e. The average molecular weight is 383 g/mol. The molecule has 1 aliphatic rings. The smallest absolute Gasteiger partial charge is 0.175 e. The van der Waals surface area contributed by atoms with E-state index in [1.54, 1.807) is 18.2 Å². The van der Waals surface area contributed by atoms with E-state index in [9.17, 15) is 8.42 Å². The minimum absolute atomic E-state index is 0.0204. The van der Waals surface area contributed by atoms with Crippen molar-refractivity contribution in [3.05, 3.63) is 60.4 Å². The molecule has 0 spiro atoms. The molecule has 0 radical (unpaired) electrons. The first kappa shape index (κ1) is 17.9. The zero-order chi connectivity index (χ0) is 19.0. The standard InChI is InChI=1S/C20H21N3O3S/c1-14-11-23(12-19(26-14)15-6-4-3-5-7-15)20-17-10-16(27(2,24)25)8-9-18(17)21-13-22-20/h3-10,13-14,19H,11-12H2,1-2H3. The lowest BCUT2D eigenvalue weighted by molar-refractivity contribution is -0.0175. The Labute approximate surface area is 158 Å². The van der Waals surface area contributed by atoms with Crippen LogP contribution in [0.5, 0.6) is 0 Å². The van der Waals surface area contributed by atoms with E-state index in [1.165, 1.54) is 12.6 Å². The molecule has 7 heteroatoms. The number of sulfone groups is 1. The van der Waals surface area contributed by atoms with Crippen molar-refractivity contribution >= 4 is 26.6 Å². The zero-order valence-electron chi connectivity index (χ0n) is 15.2. The molecule has 1 fully saturated rings. The lowest BCUT2D eigenvalue weighted by atomic mass is 10.1. The van der Waals surface area contributed by atoms with E-state index in [0.717, 1.165) is 22.3 Å². The van der Waals surface area contributed by atoms with Gasteiger partial charge in [0, 0.05) is 24.7 Å². The predicted octanol–water partition coefficient (Wildman–Crippen LogP) is 3.00. The third-order valence-corrected chi connectivity index (χ3v) is 5.86. The normalized spacial score (nSPS) is 20.7. The van der Waals surface area contributed by atoms with E-state index in [1.807, 2.05) is 25.1 Å². The van der Waals surface area contributed by atoms with Gasteiger partial charge in [-0.25, -0.2) is 18.4 Å². The molecule has 4 rings (SSSR count). The number of hydrogen-bond donors (Lipinski definition) is 0. The van der Waals surface area contributed by atoms with E-state index in [0.29, 0.717) is 13.1 Å². The van der Waals surface area contributed by atoms with Gasteiger partial charge in [-0.15, -0.1) is 0 Å². The van der Waals surface area contributed by atoms with Gasteiger partial charge >= 0.3 is 0 Å². The Bertz CT molecular complexity index is 1070. The Hall–Kier alpha value is -2.51. The number of ether oxygens (including phenoxy) is 1. The molecule has 3 aromatic rings. The van der Waals surface area contributed by atoms with Crippen LogP contribution < -0.4 is 4.90 Å². The Kier molecular flexibility index (Phi) is 4.57. The Balaban J connectivity index is 1.76. The number of aromatic nitrogens is 2. The van der Waals surface area contributed by atoms with Crippen molar-refractivity contribution in [3.63, 3.8) is 0 Å². The van der Waals surface area contributed by atoms with Gasteiger partial charge < -0.3 is 9.64 Å². The highest BCUT2D eigenvalue weighted by Crippen LogP contribution is 2.31. The highest BCUT2D eigenvalue weighted by atomic mass is 32.2. The molecule has 0 amide bonds. The fourth-order valence-corrected chi connectivity index (χ4v) is 4.13. The number of rotatable bonds is 3. The third kappa shape index (κ3) is 3.65. The van der Waals surface area contributed by atoms with E-state index in [2.05, 4.69) is 27.0 Å². The summed E-state index contributed by atoms with van der Waals surface area (Å²) in [4.78, 5) is 11.2. The van der Waals surface area contributed by atoms with Crippen LogP contribution in [0.25, 0.3) is 10.9 Å². The highest BCUT2D eigenvalue weighted by molar-refractivity contribution is 7.90. The van der Waals surface area contributed by atoms with Crippen LogP contribution in [0, 0.1) is 0 Å². The lowest BCUT2D eigenvalue weighted by Crippen LogP contribution is -2.43. The first-order chi connectivity index (χ1) is 12.9. The second kappa shape index (κ2) is 6.90. The topological polar surface area (TPSA) is 72.4 Å². The fraction of sp³-hybridized carbons (Fsp3) is 0.300. The molecule has 0 aliphatic carbocycles. The largest absolute Gasteiger partial charge is 0.367 e. The van der Waals surface area contributed by atoms with Crippen LogP contribution in [-0.2, 0) is 14.6 Å². The average Bonchev–Trinajstić information content (AvgIpc) is 2.66. The van der Waals surface area contributed by atoms with Crippen LogP contribution in [0.15, 0.2) is 59.8 Å². The second-order valence-electron chi connectivity index (χ2n) is 6.90. The summed E-state index contributed by atoms with van der Waals surface area (Å²) in [7, 11) is -3.31. The molecule has 1 saturated heterocycles. The van der Waals surface area contributed by atoms with Gasteiger partial charge in [-0.05, 0) is 30.7 Å². The summed E-state index contributed by atoms with van der Waals surface area (Å²) in [5.41, 5.74) is 1.84. The number of hydrogen-bond acceptors (Lipinski definition) is 6. The molecule has 1 aromatic heterocycles. The quantitative estimate of drug-likeness (QED) is 0.692. The van der Waals surface area contributed by atoms with Gasteiger partial charge in [0.05, 0.1) is 16.5 Å². The van der Waals surface area contributed by atoms with Crippen LogP contribution >= 0.6 is 0 Å². The third-order valence-electron chi connectivity index (χ3n) is 4.75. The Morgan fingerprint density at radius 1 is 1.07 bits per heavy atom. The molecule has 2 atom stereocenters. The number of anilines is 1. The van der Waals surface area contributed by atoms with Crippen LogP contribution in [0.3, 0.4) is 0 Å². The summed E-state index contributed by atoms with van der Waals surface area (Å²) in [6.45, 7) is 3.36.